The van der Waals surface area contributed by atoms with Crippen LogP contribution in [0.15, 0.2) is 24.3 Å². The van der Waals surface area contributed by atoms with Gasteiger partial charge >= 0.3 is 0 Å². The van der Waals surface area contributed by atoms with Gasteiger partial charge < -0.3 is 0 Å². The molecule has 0 heterocycles. The second kappa shape index (κ2) is 6.32. The van der Waals surface area contributed by atoms with Crippen molar-refractivity contribution in [3.05, 3.63) is 39.9 Å². The third-order valence-electron chi connectivity index (χ3n) is 3.74. The molecule has 4 heteroatoms. The van der Waals surface area contributed by atoms with E-state index >= 15 is 0 Å². The van der Waals surface area contributed by atoms with E-state index in [1.165, 1.54) is 37.7 Å². The first-order chi connectivity index (χ1) is 8.66. The van der Waals surface area contributed by atoms with E-state index in [9.17, 15) is 10.1 Å². The molecule has 98 valence electrons. The largest absolute Gasteiger partial charge is 0.269 e. The van der Waals surface area contributed by atoms with Gasteiger partial charge in [-0.3, -0.25) is 10.1 Å². The summed E-state index contributed by atoms with van der Waals surface area (Å²) in [7, 11) is 0. The number of nitro benzene ring substituents is 1. The first-order valence-corrected chi connectivity index (χ1v) is 7.46. The van der Waals surface area contributed by atoms with Crippen LogP contribution in [0.25, 0.3) is 0 Å². The molecule has 3 nitrogen and oxygen atoms in total. The van der Waals surface area contributed by atoms with Gasteiger partial charge in [-0.05, 0) is 30.7 Å². The molecule has 0 bridgehead atoms. The number of halogens is 1. The summed E-state index contributed by atoms with van der Waals surface area (Å²) in [6, 6.07) is 6.93. The Morgan fingerprint density at radius 3 is 2.39 bits per heavy atom. The molecule has 1 atom stereocenters. The number of nitrogens with zero attached hydrogens (tertiary/aromatic N) is 1. The first-order valence-electron chi connectivity index (χ1n) is 6.54. The first kappa shape index (κ1) is 13.5. The van der Waals surface area contributed by atoms with Crippen LogP contribution < -0.4 is 0 Å². The number of hydrogen-bond donors (Lipinski definition) is 0. The quantitative estimate of drug-likeness (QED) is 0.467. The fourth-order valence-electron chi connectivity index (χ4n) is 2.64. The molecule has 1 aliphatic rings. The van der Waals surface area contributed by atoms with E-state index < -0.39 is 0 Å². The molecule has 0 saturated heterocycles. The highest BCUT2D eigenvalue weighted by Crippen LogP contribution is 2.32. The summed E-state index contributed by atoms with van der Waals surface area (Å²) in [6.45, 7) is 0. The van der Waals surface area contributed by atoms with Gasteiger partial charge in [-0.25, -0.2) is 0 Å². The monoisotopic (exact) mass is 311 g/mol. The van der Waals surface area contributed by atoms with E-state index in [1.54, 1.807) is 12.1 Å². The van der Waals surface area contributed by atoms with Crippen molar-refractivity contribution in [2.45, 2.75) is 43.4 Å². The minimum Gasteiger partial charge on any atom is -0.258 e. The average molecular weight is 312 g/mol. The van der Waals surface area contributed by atoms with Crippen molar-refractivity contribution in [2.24, 2.45) is 5.92 Å². The summed E-state index contributed by atoms with van der Waals surface area (Å²) in [5.41, 5.74) is 1.34. The van der Waals surface area contributed by atoms with Crippen molar-refractivity contribution in [1.29, 1.82) is 0 Å². The molecule has 2 rings (SSSR count). The molecule has 18 heavy (non-hydrogen) atoms. The van der Waals surface area contributed by atoms with Crippen LogP contribution in [0.1, 0.15) is 37.7 Å². The Bertz CT molecular complexity index is 399. The molecule has 0 radical (unpaired) electrons. The molecule has 0 aliphatic heterocycles. The summed E-state index contributed by atoms with van der Waals surface area (Å²) in [5, 5.41) is 10.6. The number of non-ortho nitro benzene ring substituents is 1. The summed E-state index contributed by atoms with van der Waals surface area (Å²) in [5.74, 6) is 0.758. The van der Waals surface area contributed by atoms with E-state index in [1.807, 2.05) is 12.1 Å². The lowest BCUT2D eigenvalue weighted by Crippen LogP contribution is -2.19. The van der Waals surface area contributed by atoms with Crippen molar-refractivity contribution in [3.63, 3.8) is 0 Å². The Hall–Kier alpha value is -0.900. The second-order valence-corrected chi connectivity index (χ2v) is 6.22. The predicted octanol–water partition coefficient (Wildman–Crippen LogP) is 4.48. The highest BCUT2D eigenvalue weighted by molar-refractivity contribution is 9.09. The van der Waals surface area contributed by atoms with Gasteiger partial charge in [-0.15, -0.1) is 0 Å². The van der Waals surface area contributed by atoms with E-state index in [0.29, 0.717) is 4.83 Å². The second-order valence-electron chi connectivity index (χ2n) is 5.04. The van der Waals surface area contributed by atoms with Crippen LogP contribution in [0.5, 0.6) is 0 Å². The maximum absolute atomic E-state index is 10.6. The van der Waals surface area contributed by atoms with Crippen molar-refractivity contribution < 1.29 is 4.92 Å². The number of benzene rings is 1. The fourth-order valence-corrected chi connectivity index (χ4v) is 3.54. The predicted molar refractivity (Wildman–Crippen MR) is 76.1 cm³/mol. The highest BCUT2D eigenvalue weighted by atomic mass is 79.9. The maximum atomic E-state index is 10.6. The molecule has 1 fully saturated rings. The zero-order valence-electron chi connectivity index (χ0n) is 10.3. The van der Waals surface area contributed by atoms with Crippen LogP contribution in [0.4, 0.5) is 5.69 Å². The van der Waals surface area contributed by atoms with Crippen molar-refractivity contribution in [2.75, 3.05) is 0 Å². The standard InChI is InChI=1S/C14H18BrNO2/c15-14(12-4-2-1-3-5-12)10-11-6-8-13(9-7-11)16(17)18/h6-9,12,14H,1-5,10H2. The zero-order valence-corrected chi connectivity index (χ0v) is 11.9. The molecule has 1 aromatic carbocycles. The minimum atomic E-state index is -0.351. The summed E-state index contributed by atoms with van der Waals surface area (Å²) >= 11 is 3.79. The topological polar surface area (TPSA) is 43.1 Å². The molecular formula is C14H18BrNO2. The Morgan fingerprint density at radius 1 is 1.22 bits per heavy atom. The van der Waals surface area contributed by atoms with Crippen LogP contribution in [-0.4, -0.2) is 9.75 Å². The number of nitro groups is 1. The van der Waals surface area contributed by atoms with E-state index in [4.69, 9.17) is 0 Å². The number of alkyl halides is 1. The van der Waals surface area contributed by atoms with E-state index in [-0.39, 0.29) is 10.6 Å². The lowest BCUT2D eigenvalue weighted by atomic mass is 9.85. The third-order valence-corrected chi connectivity index (χ3v) is 4.81. The van der Waals surface area contributed by atoms with Gasteiger partial charge in [0, 0.05) is 17.0 Å². The third kappa shape index (κ3) is 3.55. The van der Waals surface area contributed by atoms with E-state index in [2.05, 4.69) is 15.9 Å². The van der Waals surface area contributed by atoms with Crippen LogP contribution in [0.3, 0.4) is 0 Å². The van der Waals surface area contributed by atoms with Gasteiger partial charge in [-0.2, -0.15) is 0 Å². The van der Waals surface area contributed by atoms with Crippen molar-refractivity contribution in [1.82, 2.24) is 0 Å². The average Bonchev–Trinajstić information content (AvgIpc) is 2.40. The number of hydrogen-bond acceptors (Lipinski definition) is 2. The van der Waals surface area contributed by atoms with Crippen molar-refractivity contribution >= 4 is 21.6 Å². The molecule has 0 N–H and O–H groups in total. The SMILES string of the molecule is O=[N+]([O-])c1ccc(CC(Br)C2CCCCC2)cc1. The van der Waals surface area contributed by atoms with Crippen LogP contribution in [0.2, 0.25) is 0 Å². The fraction of sp³-hybridized carbons (Fsp3) is 0.571. The lowest BCUT2D eigenvalue weighted by Gasteiger charge is -2.26. The summed E-state index contributed by atoms with van der Waals surface area (Å²) < 4.78 is 0. The molecule has 1 aliphatic carbocycles. The Kier molecular flexibility index (Phi) is 4.75. The highest BCUT2D eigenvalue weighted by Gasteiger charge is 2.21. The van der Waals surface area contributed by atoms with E-state index in [0.717, 1.165) is 12.3 Å². The molecule has 0 spiro atoms. The Morgan fingerprint density at radius 2 is 1.83 bits per heavy atom. The smallest absolute Gasteiger partial charge is 0.258 e. The molecule has 1 unspecified atom stereocenters. The van der Waals surface area contributed by atoms with Crippen LogP contribution in [-0.2, 0) is 6.42 Å². The van der Waals surface area contributed by atoms with Gasteiger partial charge in [0.1, 0.15) is 0 Å². The van der Waals surface area contributed by atoms with Crippen LogP contribution >= 0.6 is 15.9 Å². The molecule has 0 aromatic heterocycles. The normalized spacial score (nSPS) is 18.5. The van der Waals surface area contributed by atoms with Gasteiger partial charge in [-0.1, -0.05) is 47.3 Å². The maximum Gasteiger partial charge on any atom is 0.269 e. The summed E-state index contributed by atoms with van der Waals surface area (Å²) in [4.78, 5) is 10.7. The van der Waals surface area contributed by atoms with Crippen molar-refractivity contribution in [3.8, 4) is 0 Å². The minimum absolute atomic E-state index is 0.169. The number of rotatable bonds is 4. The summed E-state index contributed by atoms with van der Waals surface area (Å²) in [6.07, 6.45) is 7.63. The zero-order chi connectivity index (χ0) is 13.0. The van der Waals surface area contributed by atoms with Gasteiger partial charge in [0.05, 0.1) is 4.92 Å². The Balaban J connectivity index is 1.93. The molecular weight excluding hydrogens is 294 g/mol. The lowest BCUT2D eigenvalue weighted by molar-refractivity contribution is -0.384. The van der Waals surface area contributed by atoms with Gasteiger partial charge in [0.2, 0.25) is 0 Å². The molecule has 1 aromatic rings. The van der Waals surface area contributed by atoms with Gasteiger partial charge in [0.15, 0.2) is 0 Å². The van der Waals surface area contributed by atoms with Crippen LogP contribution in [0, 0.1) is 16.0 Å². The molecule has 0 amide bonds. The Labute approximate surface area is 116 Å². The molecule has 1 saturated carbocycles. The van der Waals surface area contributed by atoms with Gasteiger partial charge in [0.25, 0.3) is 5.69 Å².